The lowest BCUT2D eigenvalue weighted by Gasteiger charge is -2.17. The Morgan fingerprint density at radius 1 is 1.30 bits per heavy atom. The van der Waals surface area contributed by atoms with Crippen molar-refractivity contribution in [2.75, 3.05) is 0 Å². The molecule has 0 fully saturated rings. The molecule has 0 saturated heterocycles. The van der Waals surface area contributed by atoms with E-state index in [1.807, 2.05) is 38.1 Å². The van der Waals surface area contributed by atoms with Crippen LogP contribution in [0.4, 0.5) is 4.79 Å². The van der Waals surface area contributed by atoms with E-state index in [1.54, 1.807) is 0 Å². The van der Waals surface area contributed by atoms with Crippen molar-refractivity contribution < 1.29 is 14.7 Å². The lowest BCUT2D eigenvalue weighted by atomic mass is 10.0. The summed E-state index contributed by atoms with van der Waals surface area (Å²) >= 11 is 3.39. The Morgan fingerprint density at radius 2 is 1.95 bits per heavy atom. The molecule has 0 aromatic heterocycles. The van der Waals surface area contributed by atoms with Gasteiger partial charge in [-0.2, -0.15) is 0 Å². The third kappa shape index (κ3) is 5.61. The maximum atomic E-state index is 11.7. The number of carbonyl (C=O) groups excluding carboxylic acids is 1. The first kappa shape index (κ1) is 16.5. The summed E-state index contributed by atoms with van der Waals surface area (Å²) < 4.78 is 0.900. The van der Waals surface area contributed by atoms with Gasteiger partial charge in [-0.1, -0.05) is 48.0 Å². The number of benzene rings is 1. The number of aliphatic carboxylic acids is 1. The van der Waals surface area contributed by atoms with Gasteiger partial charge in [0.15, 0.2) is 0 Å². The van der Waals surface area contributed by atoms with E-state index in [-0.39, 0.29) is 5.92 Å². The molecular formula is C14H19BrN2O3. The molecule has 110 valence electrons. The second-order valence-electron chi connectivity index (χ2n) is 4.94. The zero-order valence-corrected chi connectivity index (χ0v) is 13.1. The average molecular weight is 343 g/mol. The van der Waals surface area contributed by atoms with Crippen molar-refractivity contribution in [2.45, 2.75) is 32.9 Å². The van der Waals surface area contributed by atoms with E-state index in [9.17, 15) is 9.59 Å². The largest absolute Gasteiger partial charge is 0.480 e. The van der Waals surface area contributed by atoms with E-state index < -0.39 is 18.0 Å². The number of hydrogen-bond donors (Lipinski definition) is 3. The predicted octanol–water partition coefficient (Wildman–Crippen LogP) is 2.75. The third-order valence-electron chi connectivity index (χ3n) is 2.71. The second-order valence-corrected chi connectivity index (χ2v) is 5.79. The molecule has 2 amide bonds. The zero-order valence-electron chi connectivity index (χ0n) is 11.5. The lowest BCUT2D eigenvalue weighted by molar-refractivity contribution is -0.139. The van der Waals surface area contributed by atoms with Gasteiger partial charge in [0, 0.05) is 11.0 Å². The SMILES string of the molecule is CC(C)CC(NC(=O)NCc1ccccc1Br)C(=O)O. The van der Waals surface area contributed by atoms with Crippen LogP contribution in [0.5, 0.6) is 0 Å². The van der Waals surface area contributed by atoms with Gasteiger partial charge in [-0.3, -0.25) is 0 Å². The number of urea groups is 1. The Kier molecular flexibility index (Phi) is 6.51. The molecule has 1 atom stereocenters. The summed E-state index contributed by atoms with van der Waals surface area (Å²) in [6, 6.07) is 6.18. The fourth-order valence-corrected chi connectivity index (χ4v) is 2.14. The number of carboxylic acids is 1. The molecule has 0 spiro atoms. The van der Waals surface area contributed by atoms with Crippen LogP contribution in [0.15, 0.2) is 28.7 Å². The second kappa shape index (κ2) is 7.89. The number of amides is 2. The molecule has 1 rings (SSSR count). The molecule has 0 bridgehead atoms. The highest BCUT2D eigenvalue weighted by Gasteiger charge is 2.20. The number of carboxylic acid groups (broad SMARTS) is 1. The average Bonchev–Trinajstić information content (AvgIpc) is 2.36. The summed E-state index contributed by atoms with van der Waals surface area (Å²) in [4.78, 5) is 22.8. The Labute approximate surface area is 126 Å². The maximum absolute atomic E-state index is 11.7. The normalized spacial score (nSPS) is 12.0. The van der Waals surface area contributed by atoms with E-state index in [1.165, 1.54) is 0 Å². The summed E-state index contributed by atoms with van der Waals surface area (Å²) in [6.07, 6.45) is 0.401. The van der Waals surface area contributed by atoms with E-state index in [0.29, 0.717) is 13.0 Å². The van der Waals surface area contributed by atoms with Crippen LogP contribution in [-0.2, 0) is 11.3 Å². The molecule has 0 radical (unpaired) electrons. The van der Waals surface area contributed by atoms with Gasteiger partial charge in [0.1, 0.15) is 6.04 Å². The summed E-state index contributed by atoms with van der Waals surface area (Å²) in [5, 5.41) is 14.2. The molecule has 1 unspecified atom stereocenters. The van der Waals surface area contributed by atoms with E-state index in [0.717, 1.165) is 10.0 Å². The van der Waals surface area contributed by atoms with Gasteiger partial charge in [-0.05, 0) is 24.0 Å². The number of halogens is 1. The van der Waals surface area contributed by atoms with E-state index in [4.69, 9.17) is 5.11 Å². The molecule has 0 aliphatic rings. The first-order valence-electron chi connectivity index (χ1n) is 6.40. The number of hydrogen-bond acceptors (Lipinski definition) is 2. The topological polar surface area (TPSA) is 78.4 Å². The first-order valence-corrected chi connectivity index (χ1v) is 7.20. The van der Waals surface area contributed by atoms with Crippen molar-refractivity contribution in [3.05, 3.63) is 34.3 Å². The highest BCUT2D eigenvalue weighted by Crippen LogP contribution is 2.15. The minimum absolute atomic E-state index is 0.194. The molecule has 5 nitrogen and oxygen atoms in total. The van der Waals surface area contributed by atoms with Crippen molar-refractivity contribution in [1.29, 1.82) is 0 Å². The number of rotatable bonds is 6. The van der Waals surface area contributed by atoms with Gasteiger partial charge in [-0.15, -0.1) is 0 Å². The Hall–Kier alpha value is -1.56. The number of carbonyl (C=O) groups is 2. The smallest absolute Gasteiger partial charge is 0.326 e. The van der Waals surface area contributed by atoms with Gasteiger partial charge < -0.3 is 15.7 Å². The quantitative estimate of drug-likeness (QED) is 0.743. The molecule has 0 heterocycles. The predicted molar refractivity (Wildman–Crippen MR) is 80.4 cm³/mol. The van der Waals surface area contributed by atoms with Crippen molar-refractivity contribution in [3.8, 4) is 0 Å². The Balaban J connectivity index is 2.50. The summed E-state index contributed by atoms with van der Waals surface area (Å²) in [5.41, 5.74) is 0.929. The lowest BCUT2D eigenvalue weighted by Crippen LogP contribution is -2.46. The van der Waals surface area contributed by atoms with E-state index >= 15 is 0 Å². The highest BCUT2D eigenvalue weighted by molar-refractivity contribution is 9.10. The third-order valence-corrected chi connectivity index (χ3v) is 3.48. The van der Waals surface area contributed by atoms with Gasteiger partial charge in [0.25, 0.3) is 0 Å². The summed E-state index contributed by atoms with van der Waals surface area (Å²) in [5.74, 6) is -0.825. The van der Waals surface area contributed by atoms with Crippen molar-refractivity contribution in [2.24, 2.45) is 5.92 Å². The molecule has 1 aromatic rings. The van der Waals surface area contributed by atoms with Crippen LogP contribution in [0.2, 0.25) is 0 Å². The molecule has 6 heteroatoms. The number of nitrogens with one attached hydrogen (secondary N) is 2. The maximum Gasteiger partial charge on any atom is 0.326 e. The van der Waals surface area contributed by atoms with Gasteiger partial charge in [0.2, 0.25) is 0 Å². The Bertz CT molecular complexity index is 477. The summed E-state index contributed by atoms with van der Waals surface area (Å²) in [7, 11) is 0. The molecule has 1 aromatic carbocycles. The van der Waals surface area contributed by atoms with Crippen LogP contribution in [-0.4, -0.2) is 23.1 Å². The van der Waals surface area contributed by atoms with Gasteiger partial charge in [0.05, 0.1) is 0 Å². The zero-order chi connectivity index (χ0) is 15.1. The van der Waals surface area contributed by atoms with E-state index in [2.05, 4.69) is 26.6 Å². The minimum Gasteiger partial charge on any atom is -0.480 e. The molecule has 3 N–H and O–H groups in total. The van der Waals surface area contributed by atoms with Crippen molar-refractivity contribution in [3.63, 3.8) is 0 Å². The Morgan fingerprint density at radius 3 is 2.50 bits per heavy atom. The summed E-state index contributed by atoms with van der Waals surface area (Å²) in [6.45, 7) is 4.16. The molecule has 0 aliphatic carbocycles. The van der Waals surface area contributed by atoms with Gasteiger partial charge in [-0.25, -0.2) is 9.59 Å². The fraction of sp³-hybridized carbons (Fsp3) is 0.429. The van der Waals surface area contributed by atoms with Crippen LogP contribution < -0.4 is 10.6 Å². The molecule has 0 saturated carbocycles. The fourth-order valence-electron chi connectivity index (χ4n) is 1.72. The van der Waals surface area contributed by atoms with Crippen molar-refractivity contribution in [1.82, 2.24) is 10.6 Å². The van der Waals surface area contributed by atoms with Gasteiger partial charge >= 0.3 is 12.0 Å². The molecule has 0 aliphatic heterocycles. The monoisotopic (exact) mass is 342 g/mol. The van der Waals surface area contributed by atoms with Crippen molar-refractivity contribution >= 4 is 27.9 Å². The molecule has 20 heavy (non-hydrogen) atoms. The van der Waals surface area contributed by atoms with Crippen LogP contribution >= 0.6 is 15.9 Å². The first-order chi connectivity index (χ1) is 9.40. The highest BCUT2D eigenvalue weighted by atomic mass is 79.9. The van der Waals surface area contributed by atoms with Crippen LogP contribution in [0.3, 0.4) is 0 Å². The molecular weight excluding hydrogens is 324 g/mol. The van der Waals surface area contributed by atoms with Crippen LogP contribution in [0.25, 0.3) is 0 Å². The van der Waals surface area contributed by atoms with Crippen LogP contribution in [0.1, 0.15) is 25.8 Å². The van der Waals surface area contributed by atoms with Crippen LogP contribution in [0, 0.1) is 5.92 Å². The standard InChI is InChI=1S/C14H19BrN2O3/c1-9(2)7-12(13(18)19)17-14(20)16-8-10-5-3-4-6-11(10)15/h3-6,9,12H,7-8H2,1-2H3,(H,18,19)(H2,16,17,20). The minimum atomic E-state index is -1.02.